The van der Waals surface area contributed by atoms with E-state index < -0.39 is 6.10 Å². The minimum Gasteiger partial charge on any atom is -0.394 e. The second-order valence-corrected chi connectivity index (χ2v) is 3.97. The molecule has 0 amide bonds. The van der Waals surface area contributed by atoms with Gasteiger partial charge < -0.3 is 15.1 Å². The number of hydrogen-bond acceptors (Lipinski definition) is 3. The Hall–Kier alpha value is -1.06. The van der Waals surface area contributed by atoms with Crippen molar-refractivity contribution in [2.45, 2.75) is 25.9 Å². The maximum atomic E-state index is 9.50. The van der Waals surface area contributed by atoms with Gasteiger partial charge in [0.1, 0.15) is 0 Å². The third kappa shape index (κ3) is 4.21. The molecule has 3 nitrogen and oxygen atoms in total. The first-order valence-corrected chi connectivity index (χ1v) is 5.86. The Morgan fingerprint density at radius 2 is 1.94 bits per heavy atom. The summed E-state index contributed by atoms with van der Waals surface area (Å²) in [6.45, 7) is 3.36. The molecule has 16 heavy (non-hydrogen) atoms. The zero-order valence-corrected chi connectivity index (χ0v) is 9.84. The molecule has 1 rings (SSSR count). The number of anilines is 1. The molecule has 90 valence electrons. The van der Waals surface area contributed by atoms with Crippen molar-refractivity contribution in [3.63, 3.8) is 0 Å². The van der Waals surface area contributed by atoms with Gasteiger partial charge in [0.25, 0.3) is 0 Å². The molecular weight excluding hydrogens is 202 g/mol. The van der Waals surface area contributed by atoms with Crippen LogP contribution in [-0.2, 0) is 0 Å². The summed E-state index contributed by atoms with van der Waals surface area (Å²) in [5.74, 6) is 0. The molecule has 0 fully saturated rings. The largest absolute Gasteiger partial charge is 0.394 e. The van der Waals surface area contributed by atoms with E-state index in [9.17, 15) is 5.11 Å². The van der Waals surface area contributed by atoms with Gasteiger partial charge in [0.2, 0.25) is 0 Å². The lowest BCUT2D eigenvalue weighted by Crippen LogP contribution is -2.35. The molecule has 0 saturated heterocycles. The Bertz CT molecular complexity index is 277. The van der Waals surface area contributed by atoms with Gasteiger partial charge in [-0.05, 0) is 18.6 Å². The number of benzene rings is 1. The summed E-state index contributed by atoms with van der Waals surface area (Å²) in [6, 6.07) is 10.0. The lowest BCUT2D eigenvalue weighted by atomic mass is 10.2. The Balaban J connectivity index is 2.63. The summed E-state index contributed by atoms with van der Waals surface area (Å²) in [5.41, 5.74) is 1.10. The first-order valence-electron chi connectivity index (χ1n) is 5.86. The Morgan fingerprint density at radius 1 is 1.25 bits per heavy atom. The van der Waals surface area contributed by atoms with Crippen molar-refractivity contribution in [2.24, 2.45) is 0 Å². The fourth-order valence-corrected chi connectivity index (χ4v) is 1.63. The predicted molar refractivity (Wildman–Crippen MR) is 66.7 cm³/mol. The van der Waals surface area contributed by atoms with Gasteiger partial charge in [-0.25, -0.2) is 0 Å². The molecule has 2 N–H and O–H groups in total. The number of hydrogen-bond donors (Lipinski definition) is 2. The van der Waals surface area contributed by atoms with E-state index in [-0.39, 0.29) is 6.61 Å². The van der Waals surface area contributed by atoms with Crippen LogP contribution < -0.4 is 4.90 Å². The molecular formula is C13H21NO2. The molecule has 0 spiro atoms. The van der Waals surface area contributed by atoms with Crippen molar-refractivity contribution in [1.29, 1.82) is 0 Å². The minimum atomic E-state index is -0.669. The van der Waals surface area contributed by atoms with Gasteiger partial charge in [-0.1, -0.05) is 31.5 Å². The minimum absolute atomic E-state index is 0.185. The molecule has 1 aromatic carbocycles. The highest BCUT2D eigenvalue weighted by Crippen LogP contribution is 2.14. The molecule has 0 saturated carbocycles. The lowest BCUT2D eigenvalue weighted by Gasteiger charge is -2.26. The molecule has 0 aliphatic carbocycles. The molecule has 0 heterocycles. The third-order valence-electron chi connectivity index (χ3n) is 2.54. The van der Waals surface area contributed by atoms with Crippen LogP contribution in [0.5, 0.6) is 0 Å². The topological polar surface area (TPSA) is 43.7 Å². The first kappa shape index (κ1) is 13.0. The van der Waals surface area contributed by atoms with E-state index in [1.165, 1.54) is 0 Å². The van der Waals surface area contributed by atoms with Crippen molar-refractivity contribution < 1.29 is 10.2 Å². The smallest absolute Gasteiger partial charge is 0.0945 e. The molecule has 0 aliphatic rings. The van der Waals surface area contributed by atoms with E-state index in [0.29, 0.717) is 6.54 Å². The van der Waals surface area contributed by atoms with E-state index in [2.05, 4.69) is 11.8 Å². The summed E-state index contributed by atoms with van der Waals surface area (Å²) in [5, 5.41) is 18.4. The van der Waals surface area contributed by atoms with Gasteiger partial charge in [0.05, 0.1) is 12.7 Å². The summed E-state index contributed by atoms with van der Waals surface area (Å²) >= 11 is 0. The van der Waals surface area contributed by atoms with Gasteiger partial charge >= 0.3 is 0 Å². The second-order valence-electron chi connectivity index (χ2n) is 3.97. The number of aliphatic hydroxyl groups excluding tert-OH is 2. The predicted octanol–water partition coefficient (Wildman–Crippen LogP) is 1.65. The first-order chi connectivity index (χ1) is 7.77. The third-order valence-corrected chi connectivity index (χ3v) is 2.54. The van der Waals surface area contributed by atoms with Crippen molar-refractivity contribution in [3.8, 4) is 0 Å². The Morgan fingerprint density at radius 3 is 2.50 bits per heavy atom. The summed E-state index contributed by atoms with van der Waals surface area (Å²) in [4.78, 5) is 2.12. The molecule has 1 aromatic rings. The van der Waals surface area contributed by atoms with E-state index in [1.54, 1.807) is 0 Å². The van der Waals surface area contributed by atoms with Crippen LogP contribution in [0.15, 0.2) is 30.3 Å². The molecule has 1 atom stereocenters. The normalized spacial score (nSPS) is 12.4. The van der Waals surface area contributed by atoms with E-state index in [0.717, 1.165) is 25.1 Å². The SMILES string of the molecule is CCCCN(CC(O)CO)c1ccccc1. The number of nitrogens with zero attached hydrogens (tertiary/aromatic N) is 1. The quantitative estimate of drug-likeness (QED) is 0.738. The van der Waals surface area contributed by atoms with Crippen molar-refractivity contribution in [3.05, 3.63) is 30.3 Å². The van der Waals surface area contributed by atoms with Crippen molar-refractivity contribution >= 4 is 5.69 Å². The number of para-hydroxylation sites is 1. The second kappa shape index (κ2) is 7.25. The zero-order chi connectivity index (χ0) is 11.8. The van der Waals surface area contributed by atoms with E-state index >= 15 is 0 Å². The standard InChI is InChI=1S/C13H21NO2/c1-2-3-9-14(10-13(16)11-15)12-7-5-4-6-8-12/h4-8,13,15-16H,2-3,9-11H2,1H3. The van der Waals surface area contributed by atoms with Gasteiger partial charge in [-0.3, -0.25) is 0 Å². The maximum absolute atomic E-state index is 9.50. The van der Waals surface area contributed by atoms with Gasteiger partial charge in [0.15, 0.2) is 0 Å². The van der Waals surface area contributed by atoms with Crippen LogP contribution in [0.25, 0.3) is 0 Å². The average molecular weight is 223 g/mol. The highest BCUT2D eigenvalue weighted by Gasteiger charge is 2.10. The monoisotopic (exact) mass is 223 g/mol. The Labute approximate surface area is 97.3 Å². The summed E-state index contributed by atoms with van der Waals surface area (Å²) < 4.78 is 0. The number of rotatable bonds is 7. The van der Waals surface area contributed by atoms with Gasteiger partial charge in [-0.2, -0.15) is 0 Å². The van der Waals surface area contributed by atoms with E-state index in [1.807, 2.05) is 30.3 Å². The summed E-state index contributed by atoms with van der Waals surface area (Å²) in [6.07, 6.45) is 1.54. The van der Waals surface area contributed by atoms with Crippen LogP contribution in [0, 0.1) is 0 Å². The number of aliphatic hydroxyl groups is 2. The van der Waals surface area contributed by atoms with Crippen molar-refractivity contribution in [1.82, 2.24) is 0 Å². The fraction of sp³-hybridized carbons (Fsp3) is 0.538. The zero-order valence-electron chi connectivity index (χ0n) is 9.84. The Kier molecular flexibility index (Phi) is 5.90. The maximum Gasteiger partial charge on any atom is 0.0945 e. The fourth-order valence-electron chi connectivity index (χ4n) is 1.63. The molecule has 0 aromatic heterocycles. The van der Waals surface area contributed by atoms with Gasteiger partial charge in [-0.15, -0.1) is 0 Å². The molecule has 1 unspecified atom stereocenters. The van der Waals surface area contributed by atoms with Crippen LogP contribution in [0.4, 0.5) is 5.69 Å². The van der Waals surface area contributed by atoms with Crippen LogP contribution in [0.2, 0.25) is 0 Å². The average Bonchev–Trinajstić information content (AvgIpc) is 2.35. The molecule has 0 aliphatic heterocycles. The molecule has 0 bridgehead atoms. The number of unbranched alkanes of at least 4 members (excludes halogenated alkanes) is 1. The van der Waals surface area contributed by atoms with Crippen LogP contribution in [0.1, 0.15) is 19.8 Å². The molecule has 0 radical (unpaired) electrons. The van der Waals surface area contributed by atoms with E-state index in [4.69, 9.17) is 5.11 Å². The highest BCUT2D eigenvalue weighted by atomic mass is 16.3. The molecule has 3 heteroatoms. The van der Waals surface area contributed by atoms with Crippen LogP contribution >= 0.6 is 0 Å². The highest BCUT2D eigenvalue weighted by molar-refractivity contribution is 5.45. The van der Waals surface area contributed by atoms with Crippen LogP contribution in [0.3, 0.4) is 0 Å². The van der Waals surface area contributed by atoms with Gasteiger partial charge in [0, 0.05) is 18.8 Å². The lowest BCUT2D eigenvalue weighted by molar-refractivity contribution is 0.0998. The van der Waals surface area contributed by atoms with Crippen LogP contribution in [-0.4, -0.2) is 36.0 Å². The van der Waals surface area contributed by atoms with Crippen molar-refractivity contribution in [2.75, 3.05) is 24.6 Å². The summed E-state index contributed by atoms with van der Waals surface area (Å²) in [7, 11) is 0.